The largest absolute Gasteiger partial charge is 0.376 e. The Kier molecular flexibility index (Phi) is 4.98. The van der Waals surface area contributed by atoms with E-state index in [2.05, 4.69) is 6.58 Å². The lowest BCUT2D eigenvalue weighted by molar-refractivity contribution is -0.109. The topological polar surface area (TPSA) is 21.7 Å². The number of ether oxygens (including phenoxy) is 2. The van der Waals surface area contributed by atoms with Gasteiger partial charge in [-0.15, -0.1) is 0 Å². The van der Waals surface area contributed by atoms with E-state index in [0.717, 1.165) is 0 Å². The molecule has 0 saturated heterocycles. The van der Waals surface area contributed by atoms with Gasteiger partial charge < -0.3 is 14.4 Å². The number of likely N-dealkylation sites (N-methyl/N-ethyl adjacent to an activating group) is 1. The summed E-state index contributed by atoms with van der Waals surface area (Å²) >= 11 is 0. The molecule has 0 atom stereocenters. The second-order valence-electron chi connectivity index (χ2n) is 2.02. The van der Waals surface area contributed by atoms with Crippen molar-refractivity contribution in [2.75, 3.05) is 27.8 Å². The quantitative estimate of drug-likeness (QED) is 0.531. The zero-order chi connectivity index (χ0) is 7.98. The minimum atomic E-state index is -0.164. The molecule has 3 nitrogen and oxygen atoms in total. The zero-order valence-electron chi connectivity index (χ0n) is 6.83. The maximum absolute atomic E-state index is 4.96. The fourth-order valence-corrected chi connectivity index (χ4v) is 0.555. The highest BCUT2D eigenvalue weighted by atomic mass is 16.7. The molecule has 0 aliphatic carbocycles. The Morgan fingerprint density at radius 2 is 2.00 bits per heavy atom. The second-order valence-corrected chi connectivity index (χ2v) is 2.02. The van der Waals surface area contributed by atoms with Crippen molar-refractivity contribution in [3.05, 3.63) is 12.8 Å². The van der Waals surface area contributed by atoms with Crippen molar-refractivity contribution in [2.45, 2.75) is 6.29 Å². The van der Waals surface area contributed by atoms with Crippen LogP contribution in [0.1, 0.15) is 0 Å². The molecule has 0 spiro atoms. The highest BCUT2D eigenvalue weighted by Crippen LogP contribution is 1.93. The molecule has 10 heavy (non-hydrogen) atoms. The molecule has 0 aromatic heterocycles. The fraction of sp³-hybridized carbons (Fsp3) is 0.714. The molecule has 0 bridgehead atoms. The third-order valence-corrected chi connectivity index (χ3v) is 1.27. The lowest BCUT2D eigenvalue weighted by atomic mass is 10.5. The first-order chi connectivity index (χ1) is 4.74. The van der Waals surface area contributed by atoms with E-state index in [9.17, 15) is 0 Å². The van der Waals surface area contributed by atoms with Crippen molar-refractivity contribution in [3.8, 4) is 0 Å². The molecule has 0 N–H and O–H groups in total. The van der Waals surface area contributed by atoms with Crippen molar-refractivity contribution < 1.29 is 9.47 Å². The Balaban J connectivity index is 3.51. The molecule has 0 radical (unpaired) electrons. The lowest BCUT2D eigenvalue weighted by Crippen LogP contribution is -2.27. The molecule has 3 heteroatoms. The van der Waals surface area contributed by atoms with Gasteiger partial charge in [0.25, 0.3) is 0 Å². The fourth-order valence-electron chi connectivity index (χ4n) is 0.555. The average molecular weight is 145 g/mol. The molecule has 0 aromatic rings. The van der Waals surface area contributed by atoms with Gasteiger partial charge in [0.05, 0.1) is 6.54 Å². The van der Waals surface area contributed by atoms with E-state index >= 15 is 0 Å². The first kappa shape index (κ1) is 9.46. The molecule has 0 fully saturated rings. The van der Waals surface area contributed by atoms with Crippen molar-refractivity contribution in [3.63, 3.8) is 0 Å². The van der Waals surface area contributed by atoms with Crippen molar-refractivity contribution in [2.24, 2.45) is 0 Å². The number of rotatable bonds is 5. The van der Waals surface area contributed by atoms with E-state index in [-0.39, 0.29) is 6.29 Å². The smallest absolute Gasteiger partial charge is 0.174 e. The van der Waals surface area contributed by atoms with Crippen LogP contribution < -0.4 is 0 Å². The summed E-state index contributed by atoms with van der Waals surface area (Å²) in [5.41, 5.74) is 0. The Morgan fingerprint density at radius 1 is 1.50 bits per heavy atom. The molecule has 60 valence electrons. The summed E-state index contributed by atoms with van der Waals surface area (Å²) in [7, 11) is 5.15. The number of hydrogen-bond donors (Lipinski definition) is 0. The molecule has 0 rings (SSSR count). The van der Waals surface area contributed by atoms with Gasteiger partial charge in [0.15, 0.2) is 6.29 Å². The Morgan fingerprint density at radius 3 is 2.30 bits per heavy atom. The van der Waals surface area contributed by atoms with E-state index in [1.54, 1.807) is 20.4 Å². The van der Waals surface area contributed by atoms with Crippen LogP contribution in [-0.4, -0.2) is 39.0 Å². The summed E-state index contributed by atoms with van der Waals surface area (Å²) < 4.78 is 9.92. The van der Waals surface area contributed by atoms with Crippen molar-refractivity contribution >= 4 is 0 Å². The van der Waals surface area contributed by atoms with E-state index in [1.807, 2.05) is 11.9 Å². The van der Waals surface area contributed by atoms with Crippen LogP contribution in [-0.2, 0) is 9.47 Å². The van der Waals surface area contributed by atoms with Gasteiger partial charge in [-0.1, -0.05) is 6.58 Å². The molecule has 0 heterocycles. The second kappa shape index (κ2) is 5.26. The van der Waals surface area contributed by atoms with Gasteiger partial charge in [-0.25, -0.2) is 0 Å². The highest BCUT2D eigenvalue weighted by Gasteiger charge is 2.04. The summed E-state index contributed by atoms with van der Waals surface area (Å²) in [5.74, 6) is 0. The minimum absolute atomic E-state index is 0.164. The van der Waals surface area contributed by atoms with Crippen LogP contribution in [0, 0.1) is 0 Å². The molecule has 0 aromatic carbocycles. The monoisotopic (exact) mass is 145 g/mol. The van der Waals surface area contributed by atoms with Gasteiger partial charge >= 0.3 is 0 Å². The molecule has 0 aliphatic heterocycles. The zero-order valence-corrected chi connectivity index (χ0v) is 6.83. The van der Waals surface area contributed by atoms with E-state index < -0.39 is 0 Å². The van der Waals surface area contributed by atoms with Gasteiger partial charge in [0.2, 0.25) is 0 Å². The summed E-state index contributed by atoms with van der Waals surface area (Å²) in [5, 5.41) is 0. The first-order valence-electron chi connectivity index (χ1n) is 3.13. The third-order valence-electron chi connectivity index (χ3n) is 1.27. The Hall–Kier alpha value is -0.540. The maximum atomic E-state index is 4.96. The van der Waals surface area contributed by atoms with Crippen LogP contribution in [0.3, 0.4) is 0 Å². The van der Waals surface area contributed by atoms with E-state index in [0.29, 0.717) is 6.54 Å². The van der Waals surface area contributed by atoms with Crippen LogP contribution in [0.25, 0.3) is 0 Å². The summed E-state index contributed by atoms with van der Waals surface area (Å²) in [6.07, 6.45) is 1.56. The first-order valence-corrected chi connectivity index (χ1v) is 3.13. The standard InChI is InChI=1S/C7H15NO2/c1-5-8(2)6-7(9-3)10-4/h5,7H,1,6H2,2-4H3. The van der Waals surface area contributed by atoms with Gasteiger partial charge in [-0.05, 0) is 6.20 Å². The van der Waals surface area contributed by atoms with Gasteiger partial charge in [0.1, 0.15) is 0 Å². The summed E-state index contributed by atoms with van der Waals surface area (Å²) in [4.78, 5) is 1.90. The van der Waals surface area contributed by atoms with Crippen molar-refractivity contribution in [1.82, 2.24) is 4.90 Å². The van der Waals surface area contributed by atoms with Crippen LogP contribution in [0.2, 0.25) is 0 Å². The molecular formula is C7H15NO2. The molecular weight excluding hydrogens is 130 g/mol. The van der Waals surface area contributed by atoms with Gasteiger partial charge in [-0.2, -0.15) is 0 Å². The molecule has 0 amide bonds. The highest BCUT2D eigenvalue weighted by molar-refractivity contribution is 4.66. The summed E-state index contributed by atoms with van der Waals surface area (Å²) in [6, 6.07) is 0. The van der Waals surface area contributed by atoms with Gasteiger partial charge in [-0.3, -0.25) is 0 Å². The summed E-state index contributed by atoms with van der Waals surface area (Å²) in [6.45, 7) is 4.30. The van der Waals surface area contributed by atoms with Crippen LogP contribution in [0.4, 0.5) is 0 Å². The number of hydrogen-bond acceptors (Lipinski definition) is 3. The molecule has 0 aliphatic rings. The number of methoxy groups -OCH3 is 2. The number of nitrogens with zero attached hydrogens (tertiary/aromatic N) is 1. The van der Waals surface area contributed by atoms with Crippen LogP contribution in [0.15, 0.2) is 12.8 Å². The predicted molar refractivity (Wildman–Crippen MR) is 40.6 cm³/mol. The third kappa shape index (κ3) is 3.48. The average Bonchev–Trinajstić information content (AvgIpc) is 1.99. The normalized spacial score (nSPS) is 10.0. The Labute approximate surface area is 62.2 Å². The van der Waals surface area contributed by atoms with Crippen molar-refractivity contribution in [1.29, 1.82) is 0 Å². The Bertz CT molecular complexity index is 91.6. The molecule has 0 saturated carbocycles. The van der Waals surface area contributed by atoms with Gasteiger partial charge in [0, 0.05) is 21.3 Å². The minimum Gasteiger partial charge on any atom is -0.376 e. The predicted octanol–water partition coefficient (Wildman–Crippen LogP) is 0.681. The SMILES string of the molecule is C=CN(C)CC(OC)OC. The molecule has 0 unspecified atom stereocenters. The lowest BCUT2D eigenvalue weighted by Gasteiger charge is -2.19. The van der Waals surface area contributed by atoms with E-state index in [1.165, 1.54) is 0 Å². The van der Waals surface area contributed by atoms with Crippen LogP contribution in [0.5, 0.6) is 0 Å². The maximum Gasteiger partial charge on any atom is 0.174 e. The van der Waals surface area contributed by atoms with E-state index in [4.69, 9.17) is 9.47 Å². The van der Waals surface area contributed by atoms with Crippen LogP contribution >= 0.6 is 0 Å².